The van der Waals surface area contributed by atoms with E-state index in [-0.39, 0.29) is 11.7 Å². The van der Waals surface area contributed by atoms with Gasteiger partial charge in [-0.25, -0.2) is 0 Å². The molecule has 0 heterocycles. The van der Waals surface area contributed by atoms with E-state index in [2.05, 4.69) is 0 Å². The lowest BCUT2D eigenvalue weighted by Gasteiger charge is -2.14. The van der Waals surface area contributed by atoms with Crippen LogP contribution in [-0.2, 0) is 22.5 Å². The molecule has 0 spiro atoms. The number of benzene rings is 1. The molecule has 4 nitrogen and oxygen atoms in total. The zero-order chi connectivity index (χ0) is 13.5. The Morgan fingerprint density at radius 3 is 2.67 bits per heavy atom. The summed E-state index contributed by atoms with van der Waals surface area (Å²) in [4.78, 5) is 13.4. The van der Waals surface area contributed by atoms with Crippen LogP contribution in [0.25, 0.3) is 0 Å². The molecule has 1 rings (SSSR count). The van der Waals surface area contributed by atoms with E-state index in [1.807, 2.05) is 25.1 Å². The maximum absolute atomic E-state index is 11.3. The predicted octanol–water partition coefficient (Wildman–Crippen LogP) is 1.95. The van der Waals surface area contributed by atoms with Gasteiger partial charge in [-0.2, -0.15) is 0 Å². The van der Waals surface area contributed by atoms with Gasteiger partial charge in [0.2, 0.25) is 0 Å². The third-order valence-electron chi connectivity index (χ3n) is 2.58. The van der Waals surface area contributed by atoms with Crippen molar-refractivity contribution in [1.29, 1.82) is 0 Å². The molecule has 1 aromatic rings. The van der Waals surface area contributed by atoms with E-state index >= 15 is 0 Å². The van der Waals surface area contributed by atoms with Gasteiger partial charge >= 0.3 is 5.97 Å². The highest BCUT2D eigenvalue weighted by Crippen LogP contribution is 2.19. The minimum Gasteiger partial charge on any atom is -0.508 e. The van der Waals surface area contributed by atoms with Gasteiger partial charge in [0.05, 0.1) is 6.61 Å². The molecule has 0 aromatic heterocycles. The number of rotatable bonds is 6. The number of carbonyl (C=O) groups is 1. The number of carbonyl (C=O) groups excluding carboxylic acids is 1. The Hall–Kier alpha value is -1.55. The molecule has 0 fully saturated rings. The molecule has 0 radical (unpaired) electrons. The summed E-state index contributed by atoms with van der Waals surface area (Å²) < 4.78 is 4.91. The van der Waals surface area contributed by atoms with Gasteiger partial charge in [0.15, 0.2) is 0 Å². The zero-order valence-corrected chi connectivity index (χ0v) is 11.3. The van der Waals surface area contributed by atoms with Crippen LogP contribution < -0.4 is 0 Å². The highest BCUT2D eigenvalue weighted by Gasteiger charge is 2.08. The van der Waals surface area contributed by atoms with Crippen LogP contribution in [0.15, 0.2) is 18.2 Å². The number of ether oxygens (including phenoxy) is 1. The molecule has 4 heteroatoms. The first kappa shape index (κ1) is 14.5. The molecular weight excluding hydrogens is 230 g/mol. The topological polar surface area (TPSA) is 49.8 Å². The van der Waals surface area contributed by atoms with Gasteiger partial charge in [-0.1, -0.05) is 6.07 Å². The van der Waals surface area contributed by atoms with Crippen LogP contribution in [0, 0.1) is 0 Å². The molecule has 18 heavy (non-hydrogen) atoms. The summed E-state index contributed by atoms with van der Waals surface area (Å²) in [5, 5.41) is 9.50. The van der Waals surface area contributed by atoms with Crippen LogP contribution in [0.4, 0.5) is 0 Å². The molecule has 0 amide bonds. The van der Waals surface area contributed by atoms with Gasteiger partial charge < -0.3 is 14.7 Å². The van der Waals surface area contributed by atoms with Gasteiger partial charge in [0.25, 0.3) is 0 Å². The number of phenolic OH excluding ortho intramolecular Hbond substituents is 1. The first-order chi connectivity index (χ1) is 8.52. The monoisotopic (exact) mass is 251 g/mol. The molecule has 0 atom stereocenters. The van der Waals surface area contributed by atoms with Crippen molar-refractivity contribution in [2.75, 3.05) is 20.7 Å². The van der Waals surface area contributed by atoms with Crippen molar-refractivity contribution < 1.29 is 14.6 Å². The van der Waals surface area contributed by atoms with E-state index in [9.17, 15) is 9.90 Å². The number of phenols is 1. The van der Waals surface area contributed by atoms with Crippen molar-refractivity contribution in [3.05, 3.63) is 29.3 Å². The number of aryl methyl sites for hydroxylation is 1. The summed E-state index contributed by atoms with van der Waals surface area (Å²) in [5.41, 5.74) is 2.12. The first-order valence-electron chi connectivity index (χ1n) is 6.14. The van der Waals surface area contributed by atoms with E-state index in [4.69, 9.17) is 4.74 Å². The lowest BCUT2D eigenvalue weighted by Crippen LogP contribution is -2.13. The van der Waals surface area contributed by atoms with Gasteiger partial charge in [-0.15, -0.1) is 0 Å². The number of aromatic hydroxyl groups is 1. The molecule has 0 aliphatic rings. The maximum atomic E-state index is 11.3. The lowest BCUT2D eigenvalue weighted by atomic mass is 10.0. The molecule has 0 saturated carbocycles. The second kappa shape index (κ2) is 7.01. The summed E-state index contributed by atoms with van der Waals surface area (Å²) in [7, 11) is 3.94. The van der Waals surface area contributed by atoms with Gasteiger partial charge in [-0.05, 0) is 50.7 Å². The van der Waals surface area contributed by atoms with Crippen molar-refractivity contribution in [1.82, 2.24) is 4.90 Å². The number of nitrogens with zero attached hydrogens (tertiary/aromatic N) is 1. The van der Waals surface area contributed by atoms with Crippen LogP contribution in [0.3, 0.4) is 0 Å². The second-order valence-electron chi connectivity index (χ2n) is 4.50. The minimum atomic E-state index is -0.179. The Labute approximate surface area is 108 Å². The third-order valence-corrected chi connectivity index (χ3v) is 2.58. The predicted molar refractivity (Wildman–Crippen MR) is 70.5 cm³/mol. The Kier molecular flexibility index (Phi) is 5.65. The molecule has 100 valence electrons. The van der Waals surface area contributed by atoms with Crippen molar-refractivity contribution in [3.8, 4) is 5.75 Å². The Balaban J connectivity index is 2.71. The average Bonchev–Trinajstić information content (AvgIpc) is 2.27. The van der Waals surface area contributed by atoms with Crippen LogP contribution >= 0.6 is 0 Å². The van der Waals surface area contributed by atoms with Crippen molar-refractivity contribution in [2.45, 2.75) is 26.3 Å². The van der Waals surface area contributed by atoms with Crippen LogP contribution in [0.1, 0.15) is 24.5 Å². The Bertz CT molecular complexity index is 402. The highest BCUT2D eigenvalue weighted by atomic mass is 16.5. The fourth-order valence-electron chi connectivity index (χ4n) is 1.81. The second-order valence-corrected chi connectivity index (χ2v) is 4.50. The summed E-state index contributed by atoms with van der Waals surface area (Å²) in [6, 6.07) is 5.27. The standard InChI is InChI=1S/C14H21NO3/c1-4-18-14(17)8-6-11-5-7-13(16)9-12(11)10-15(2)3/h5,7,9,16H,4,6,8,10H2,1-3H3. The smallest absolute Gasteiger partial charge is 0.306 e. The van der Waals surface area contributed by atoms with Crippen molar-refractivity contribution in [3.63, 3.8) is 0 Å². The number of esters is 1. The van der Waals surface area contributed by atoms with E-state index in [0.717, 1.165) is 17.7 Å². The average molecular weight is 251 g/mol. The zero-order valence-electron chi connectivity index (χ0n) is 11.3. The summed E-state index contributed by atoms with van der Waals surface area (Å²) >= 11 is 0. The molecule has 1 N–H and O–H groups in total. The SMILES string of the molecule is CCOC(=O)CCc1ccc(O)cc1CN(C)C. The molecule has 0 aliphatic carbocycles. The van der Waals surface area contributed by atoms with Crippen molar-refractivity contribution >= 4 is 5.97 Å². The summed E-state index contributed by atoms with van der Waals surface area (Å²) in [6.45, 7) is 2.96. The van der Waals surface area contributed by atoms with E-state index in [0.29, 0.717) is 19.4 Å². The fourth-order valence-corrected chi connectivity index (χ4v) is 1.81. The number of hydrogen-bond donors (Lipinski definition) is 1. The molecule has 0 saturated heterocycles. The van der Waals surface area contributed by atoms with Gasteiger partial charge in [-0.3, -0.25) is 4.79 Å². The Morgan fingerprint density at radius 1 is 1.33 bits per heavy atom. The third kappa shape index (κ3) is 4.75. The van der Waals surface area contributed by atoms with Crippen LogP contribution in [0.2, 0.25) is 0 Å². The van der Waals surface area contributed by atoms with Crippen LogP contribution in [0.5, 0.6) is 5.75 Å². The molecule has 0 bridgehead atoms. The largest absolute Gasteiger partial charge is 0.508 e. The normalized spacial score (nSPS) is 10.7. The van der Waals surface area contributed by atoms with Crippen molar-refractivity contribution in [2.24, 2.45) is 0 Å². The highest BCUT2D eigenvalue weighted by molar-refractivity contribution is 5.69. The maximum Gasteiger partial charge on any atom is 0.306 e. The van der Waals surface area contributed by atoms with E-state index in [1.165, 1.54) is 0 Å². The molecule has 0 unspecified atom stereocenters. The lowest BCUT2D eigenvalue weighted by molar-refractivity contribution is -0.143. The fraction of sp³-hybridized carbons (Fsp3) is 0.500. The molecule has 0 aliphatic heterocycles. The minimum absolute atomic E-state index is 0.179. The Morgan fingerprint density at radius 2 is 2.06 bits per heavy atom. The quantitative estimate of drug-likeness (QED) is 0.785. The number of hydrogen-bond acceptors (Lipinski definition) is 4. The van der Waals surface area contributed by atoms with E-state index < -0.39 is 0 Å². The van der Waals surface area contributed by atoms with Gasteiger partial charge in [0.1, 0.15) is 5.75 Å². The van der Waals surface area contributed by atoms with Crippen LogP contribution in [-0.4, -0.2) is 36.7 Å². The summed E-state index contributed by atoms with van der Waals surface area (Å²) in [5.74, 6) is 0.0770. The summed E-state index contributed by atoms with van der Waals surface area (Å²) in [6.07, 6.45) is 1.02. The van der Waals surface area contributed by atoms with Gasteiger partial charge in [0, 0.05) is 13.0 Å². The molecule has 1 aromatic carbocycles. The molecular formula is C14H21NO3. The first-order valence-corrected chi connectivity index (χ1v) is 6.14. The van der Waals surface area contributed by atoms with E-state index in [1.54, 1.807) is 19.1 Å².